The summed E-state index contributed by atoms with van der Waals surface area (Å²) in [5.74, 6) is -1.47. The van der Waals surface area contributed by atoms with Gasteiger partial charge in [-0.15, -0.1) is 0 Å². The first kappa shape index (κ1) is 15.9. The van der Waals surface area contributed by atoms with Gasteiger partial charge < -0.3 is 20.0 Å². The highest BCUT2D eigenvalue weighted by molar-refractivity contribution is 6.31. The highest BCUT2D eigenvalue weighted by atomic mass is 35.5. The van der Waals surface area contributed by atoms with E-state index in [1.807, 2.05) is 0 Å². The number of rotatable bonds is 5. The zero-order chi connectivity index (χ0) is 16.1. The third-order valence-electron chi connectivity index (χ3n) is 2.88. The second kappa shape index (κ2) is 6.95. The first-order valence-corrected chi connectivity index (χ1v) is 6.94. The van der Waals surface area contributed by atoms with Crippen molar-refractivity contribution >= 4 is 29.2 Å². The zero-order valence-electron chi connectivity index (χ0n) is 11.8. The number of anilines is 1. The average molecular weight is 319 g/mol. The molecule has 0 aliphatic rings. The molecule has 1 N–H and O–H groups in total. The fourth-order valence-corrected chi connectivity index (χ4v) is 2.10. The maximum atomic E-state index is 12.3. The second-order valence-corrected chi connectivity index (χ2v) is 4.80. The zero-order valence-corrected chi connectivity index (χ0v) is 12.5. The lowest BCUT2D eigenvalue weighted by Crippen LogP contribution is -2.25. The SMILES string of the molecule is CCOc1ccccc1C(=O)Nc1cc(Cl)ccc1C(=O)[O-]. The predicted molar refractivity (Wildman–Crippen MR) is 81.3 cm³/mol. The predicted octanol–water partition coefficient (Wildman–Crippen LogP) is 2.35. The van der Waals surface area contributed by atoms with Gasteiger partial charge in [0.25, 0.3) is 5.91 Å². The molecule has 0 fully saturated rings. The van der Waals surface area contributed by atoms with Crippen molar-refractivity contribution in [3.05, 3.63) is 58.6 Å². The molecule has 0 heterocycles. The maximum Gasteiger partial charge on any atom is 0.259 e. The standard InChI is InChI=1S/C16H14ClNO4/c1-2-22-14-6-4-3-5-12(14)15(19)18-13-9-10(17)7-8-11(13)16(20)21/h3-9H,2H2,1H3,(H,18,19)(H,20,21)/p-1. The fraction of sp³-hybridized carbons (Fsp3) is 0.125. The Kier molecular flexibility index (Phi) is 5.01. The number of hydrogen-bond donors (Lipinski definition) is 1. The van der Waals surface area contributed by atoms with Crippen LogP contribution in [0, 0.1) is 0 Å². The van der Waals surface area contributed by atoms with Crippen molar-refractivity contribution < 1.29 is 19.4 Å². The summed E-state index contributed by atoms with van der Waals surface area (Å²) in [4.78, 5) is 23.4. The van der Waals surface area contributed by atoms with E-state index < -0.39 is 11.9 Å². The second-order valence-electron chi connectivity index (χ2n) is 4.36. The fourth-order valence-electron chi connectivity index (χ4n) is 1.92. The van der Waals surface area contributed by atoms with Gasteiger partial charge in [0.1, 0.15) is 5.75 Å². The molecule has 22 heavy (non-hydrogen) atoms. The Labute approximate surface area is 132 Å². The normalized spacial score (nSPS) is 10.1. The number of para-hydroxylation sites is 1. The van der Waals surface area contributed by atoms with Gasteiger partial charge in [0.2, 0.25) is 0 Å². The number of aromatic carboxylic acids is 1. The molecule has 6 heteroatoms. The van der Waals surface area contributed by atoms with E-state index in [-0.39, 0.29) is 11.3 Å². The van der Waals surface area contributed by atoms with E-state index in [0.717, 1.165) is 0 Å². The van der Waals surface area contributed by atoms with E-state index in [2.05, 4.69) is 5.32 Å². The summed E-state index contributed by atoms with van der Waals surface area (Å²) in [7, 11) is 0. The Hall–Kier alpha value is -2.53. The van der Waals surface area contributed by atoms with Gasteiger partial charge in [-0.25, -0.2) is 0 Å². The molecular formula is C16H13ClNO4-. The number of carbonyl (C=O) groups excluding carboxylic acids is 2. The third-order valence-corrected chi connectivity index (χ3v) is 3.12. The molecule has 2 aromatic carbocycles. The number of benzene rings is 2. The lowest BCUT2D eigenvalue weighted by Gasteiger charge is -2.14. The van der Waals surface area contributed by atoms with Crippen LogP contribution in [0.4, 0.5) is 5.69 Å². The monoisotopic (exact) mass is 318 g/mol. The molecule has 0 atom stereocenters. The van der Waals surface area contributed by atoms with Crippen LogP contribution in [0.25, 0.3) is 0 Å². The molecule has 114 valence electrons. The Balaban J connectivity index is 2.33. The van der Waals surface area contributed by atoms with Gasteiger partial charge in [-0.2, -0.15) is 0 Å². The molecule has 0 unspecified atom stereocenters. The average Bonchev–Trinajstić information content (AvgIpc) is 2.47. The van der Waals surface area contributed by atoms with Crippen LogP contribution in [0.5, 0.6) is 5.75 Å². The highest BCUT2D eigenvalue weighted by Crippen LogP contribution is 2.24. The Morgan fingerprint density at radius 2 is 1.91 bits per heavy atom. The van der Waals surface area contributed by atoms with Crippen LogP contribution in [-0.2, 0) is 0 Å². The van der Waals surface area contributed by atoms with Gasteiger partial charge in [-0.3, -0.25) is 4.79 Å². The number of halogens is 1. The van der Waals surface area contributed by atoms with E-state index >= 15 is 0 Å². The van der Waals surface area contributed by atoms with Crippen molar-refractivity contribution in [2.75, 3.05) is 11.9 Å². The summed E-state index contributed by atoms with van der Waals surface area (Å²) < 4.78 is 5.38. The van der Waals surface area contributed by atoms with Crippen molar-refractivity contribution in [3.8, 4) is 5.75 Å². The molecule has 2 rings (SSSR count). The topological polar surface area (TPSA) is 78.5 Å². The van der Waals surface area contributed by atoms with E-state index in [9.17, 15) is 14.7 Å². The van der Waals surface area contributed by atoms with Gasteiger partial charge in [0.15, 0.2) is 0 Å². The van der Waals surface area contributed by atoms with Crippen LogP contribution >= 0.6 is 11.6 Å². The number of carboxylic acids is 1. The van der Waals surface area contributed by atoms with Crippen molar-refractivity contribution in [2.24, 2.45) is 0 Å². The molecule has 5 nitrogen and oxygen atoms in total. The lowest BCUT2D eigenvalue weighted by atomic mass is 10.1. The molecule has 0 saturated heterocycles. The number of carbonyl (C=O) groups is 2. The number of amides is 1. The van der Waals surface area contributed by atoms with Crippen LogP contribution in [0.2, 0.25) is 5.02 Å². The van der Waals surface area contributed by atoms with Crippen LogP contribution in [0.3, 0.4) is 0 Å². The minimum atomic E-state index is -1.40. The number of nitrogens with one attached hydrogen (secondary N) is 1. The number of ether oxygens (including phenoxy) is 1. The summed E-state index contributed by atoms with van der Waals surface area (Å²) in [6.45, 7) is 2.21. The van der Waals surface area contributed by atoms with E-state index in [4.69, 9.17) is 16.3 Å². The van der Waals surface area contributed by atoms with Gasteiger partial charge in [-0.1, -0.05) is 23.7 Å². The lowest BCUT2D eigenvalue weighted by molar-refractivity contribution is -0.254. The largest absolute Gasteiger partial charge is 0.545 e. The van der Waals surface area contributed by atoms with Crippen LogP contribution in [0.1, 0.15) is 27.6 Å². The summed E-state index contributed by atoms with van der Waals surface area (Å²) in [6.07, 6.45) is 0. The van der Waals surface area contributed by atoms with E-state index in [1.165, 1.54) is 18.2 Å². The Morgan fingerprint density at radius 3 is 2.59 bits per heavy atom. The molecule has 0 spiro atoms. The van der Waals surface area contributed by atoms with Crippen molar-refractivity contribution in [2.45, 2.75) is 6.92 Å². The Bertz CT molecular complexity index is 715. The summed E-state index contributed by atoms with van der Waals surface area (Å²) in [5, 5.41) is 13.9. The van der Waals surface area contributed by atoms with E-state index in [0.29, 0.717) is 22.9 Å². The minimum absolute atomic E-state index is 0.0730. The number of carboxylic acid groups (broad SMARTS) is 1. The van der Waals surface area contributed by atoms with Crippen molar-refractivity contribution in [1.82, 2.24) is 0 Å². The smallest absolute Gasteiger partial charge is 0.259 e. The molecule has 0 radical (unpaired) electrons. The first-order valence-electron chi connectivity index (χ1n) is 6.57. The van der Waals surface area contributed by atoms with Crippen molar-refractivity contribution in [3.63, 3.8) is 0 Å². The van der Waals surface area contributed by atoms with Crippen LogP contribution < -0.4 is 15.2 Å². The molecule has 0 aliphatic carbocycles. The van der Waals surface area contributed by atoms with Gasteiger partial charge in [0, 0.05) is 10.6 Å². The highest BCUT2D eigenvalue weighted by Gasteiger charge is 2.14. The maximum absolute atomic E-state index is 12.3. The summed E-state index contributed by atoms with van der Waals surface area (Å²) in [5.41, 5.74) is 0.226. The minimum Gasteiger partial charge on any atom is -0.545 e. The summed E-state index contributed by atoms with van der Waals surface area (Å²) >= 11 is 5.84. The van der Waals surface area contributed by atoms with Crippen LogP contribution in [0.15, 0.2) is 42.5 Å². The van der Waals surface area contributed by atoms with Crippen molar-refractivity contribution in [1.29, 1.82) is 0 Å². The molecule has 1 amide bonds. The third kappa shape index (κ3) is 3.56. The Morgan fingerprint density at radius 1 is 1.18 bits per heavy atom. The molecule has 0 saturated carbocycles. The number of hydrogen-bond acceptors (Lipinski definition) is 4. The van der Waals surface area contributed by atoms with Gasteiger partial charge in [-0.05, 0) is 37.3 Å². The van der Waals surface area contributed by atoms with Crippen LogP contribution in [-0.4, -0.2) is 18.5 Å². The van der Waals surface area contributed by atoms with Gasteiger partial charge >= 0.3 is 0 Å². The molecule has 0 aliphatic heterocycles. The quantitative estimate of drug-likeness (QED) is 0.918. The molecule has 0 bridgehead atoms. The van der Waals surface area contributed by atoms with Gasteiger partial charge in [0.05, 0.1) is 23.8 Å². The molecule has 2 aromatic rings. The molecule has 0 aromatic heterocycles. The first-order chi connectivity index (χ1) is 10.5. The summed E-state index contributed by atoms with van der Waals surface area (Å²) in [6, 6.07) is 10.7. The van der Waals surface area contributed by atoms with E-state index in [1.54, 1.807) is 31.2 Å². The molecular weight excluding hydrogens is 306 g/mol.